The molecule has 1 saturated carbocycles. The highest BCUT2D eigenvalue weighted by Gasteiger charge is 2.51. The SMILES string of the molecule is Cc1ccc(NC(=O)C2(c3ccc4c(c3)CCO4)CC2)cc1-c1cc2c(c(C(=O)O)c1)OCC2.[HH]. The van der Waals surface area contributed by atoms with Gasteiger partial charge in [0.2, 0.25) is 5.91 Å². The second kappa shape index (κ2) is 7.62. The fraction of sp³-hybridized carbons (Fsp3) is 0.286. The molecular formula is C28H27NO5. The van der Waals surface area contributed by atoms with Crippen molar-refractivity contribution in [1.82, 2.24) is 0 Å². The molecule has 3 aromatic rings. The first-order chi connectivity index (χ1) is 16.4. The molecule has 174 valence electrons. The van der Waals surface area contributed by atoms with Gasteiger partial charge in [-0.1, -0.05) is 18.2 Å². The molecule has 6 rings (SSSR count). The number of ether oxygens (including phenoxy) is 2. The minimum Gasteiger partial charge on any atom is -0.493 e. The average Bonchev–Trinajstić information content (AvgIpc) is 3.27. The zero-order chi connectivity index (χ0) is 23.4. The van der Waals surface area contributed by atoms with Crippen molar-refractivity contribution < 1.29 is 25.6 Å². The van der Waals surface area contributed by atoms with Gasteiger partial charge in [-0.25, -0.2) is 4.79 Å². The number of carboxylic acid groups (broad SMARTS) is 1. The Hall–Kier alpha value is -3.80. The molecule has 0 radical (unpaired) electrons. The summed E-state index contributed by atoms with van der Waals surface area (Å²) < 4.78 is 11.2. The van der Waals surface area contributed by atoms with Crippen LogP contribution in [0.25, 0.3) is 11.1 Å². The van der Waals surface area contributed by atoms with Crippen LogP contribution in [0.5, 0.6) is 11.5 Å². The third-order valence-electron chi connectivity index (χ3n) is 7.25. The quantitative estimate of drug-likeness (QED) is 0.554. The molecule has 0 spiro atoms. The second-order valence-electron chi connectivity index (χ2n) is 9.40. The van der Waals surface area contributed by atoms with Gasteiger partial charge in [-0.15, -0.1) is 0 Å². The Morgan fingerprint density at radius 1 is 0.971 bits per heavy atom. The van der Waals surface area contributed by atoms with Crippen LogP contribution in [0.3, 0.4) is 0 Å². The van der Waals surface area contributed by atoms with Crippen LogP contribution < -0.4 is 14.8 Å². The molecule has 6 heteroatoms. The molecule has 3 aliphatic rings. The van der Waals surface area contributed by atoms with E-state index in [-0.39, 0.29) is 12.9 Å². The Kier molecular flexibility index (Phi) is 4.66. The van der Waals surface area contributed by atoms with Crippen LogP contribution >= 0.6 is 0 Å². The first-order valence-corrected chi connectivity index (χ1v) is 11.7. The minimum atomic E-state index is -1.00. The predicted molar refractivity (Wildman–Crippen MR) is 130 cm³/mol. The van der Waals surface area contributed by atoms with E-state index >= 15 is 0 Å². The van der Waals surface area contributed by atoms with Crippen molar-refractivity contribution in [3.8, 4) is 22.6 Å². The van der Waals surface area contributed by atoms with Gasteiger partial charge >= 0.3 is 5.97 Å². The predicted octanol–water partition coefficient (Wildman–Crippen LogP) is 5.15. The van der Waals surface area contributed by atoms with E-state index in [1.807, 2.05) is 43.3 Å². The number of aromatic carboxylic acids is 1. The third-order valence-corrected chi connectivity index (χ3v) is 7.25. The van der Waals surface area contributed by atoms with Crippen LogP contribution in [-0.4, -0.2) is 30.2 Å². The van der Waals surface area contributed by atoms with Gasteiger partial charge in [-0.2, -0.15) is 0 Å². The number of anilines is 1. The standard InChI is InChI=1S/C28H25NO5.H2/c1-16-2-4-21(15-22(16)19-12-18-7-11-34-25(18)23(14-19)26(30)31)29-27(32)28(8-9-28)20-3-5-24-17(13-20)6-10-33-24;/h2-5,12-15H,6-11H2,1H3,(H,29,32)(H,30,31);1H. The number of carbonyl (C=O) groups is 2. The topological polar surface area (TPSA) is 84.9 Å². The van der Waals surface area contributed by atoms with E-state index in [1.54, 1.807) is 6.07 Å². The van der Waals surface area contributed by atoms with Gasteiger partial charge in [0, 0.05) is 20.0 Å². The summed E-state index contributed by atoms with van der Waals surface area (Å²) in [5, 5.41) is 12.8. The number of aryl methyl sites for hydroxylation is 1. The summed E-state index contributed by atoms with van der Waals surface area (Å²) in [5.41, 5.74) is 6.23. The van der Waals surface area contributed by atoms with Crippen LogP contribution in [-0.2, 0) is 23.1 Å². The van der Waals surface area contributed by atoms with E-state index in [9.17, 15) is 14.7 Å². The summed E-state index contributed by atoms with van der Waals surface area (Å²) >= 11 is 0. The van der Waals surface area contributed by atoms with Crippen LogP contribution in [0.15, 0.2) is 48.5 Å². The number of amides is 1. The van der Waals surface area contributed by atoms with E-state index in [4.69, 9.17) is 9.47 Å². The molecule has 2 N–H and O–H groups in total. The number of benzene rings is 3. The van der Waals surface area contributed by atoms with Crippen LogP contribution in [0.2, 0.25) is 0 Å². The normalized spacial score (nSPS) is 16.7. The van der Waals surface area contributed by atoms with Crippen molar-refractivity contribution in [3.63, 3.8) is 0 Å². The lowest BCUT2D eigenvalue weighted by atomic mass is 9.92. The Labute approximate surface area is 199 Å². The maximum atomic E-state index is 13.4. The van der Waals surface area contributed by atoms with Crippen LogP contribution in [0.4, 0.5) is 5.69 Å². The van der Waals surface area contributed by atoms with Crippen molar-refractivity contribution in [2.24, 2.45) is 0 Å². The van der Waals surface area contributed by atoms with Crippen molar-refractivity contribution in [1.29, 1.82) is 0 Å². The molecule has 1 aliphatic carbocycles. The molecule has 0 aromatic heterocycles. The summed E-state index contributed by atoms with van der Waals surface area (Å²) in [7, 11) is 0. The first-order valence-electron chi connectivity index (χ1n) is 11.7. The lowest BCUT2D eigenvalue weighted by Gasteiger charge is -2.18. The summed E-state index contributed by atoms with van der Waals surface area (Å²) in [4.78, 5) is 25.2. The number of carboxylic acids is 1. The van der Waals surface area contributed by atoms with Gasteiger partial charge in [0.1, 0.15) is 17.1 Å². The molecule has 0 bridgehead atoms. The lowest BCUT2D eigenvalue weighted by Crippen LogP contribution is -2.27. The van der Waals surface area contributed by atoms with Gasteiger partial charge in [0.05, 0.1) is 18.6 Å². The number of nitrogens with one attached hydrogen (secondary N) is 1. The van der Waals surface area contributed by atoms with Crippen molar-refractivity contribution >= 4 is 17.6 Å². The summed E-state index contributed by atoms with van der Waals surface area (Å²) in [6.45, 7) is 3.17. The number of rotatable bonds is 5. The molecule has 3 aromatic carbocycles. The summed E-state index contributed by atoms with van der Waals surface area (Å²) in [6, 6.07) is 15.6. The number of carbonyl (C=O) groups excluding carboxylic acids is 1. The van der Waals surface area contributed by atoms with Gasteiger partial charge in [-0.05, 0) is 83.5 Å². The Morgan fingerprint density at radius 3 is 2.56 bits per heavy atom. The molecule has 1 amide bonds. The second-order valence-corrected chi connectivity index (χ2v) is 9.40. The summed E-state index contributed by atoms with van der Waals surface area (Å²) in [5.74, 6) is 0.379. The van der Waals surface area contributed by atoms with E-state index in [0.29, 0.717) is 31.1 Å². The van der Waals surface area contributed by atoms with Gasteiger partial charge in [-0.3, -0.25) is 4.79 Å². The van der Waals surface area contributed by atoms with Crippen LogP contribution in [0.1, 0.15) is 46.9 Å². The number of hydrogen-bond donors (Lipinski definition) is 2. The van der Waals surface area contributed by atoms with Crippen molar-refractivity contribution in [2.75, 3.05) is 18.5 Å². The molecule has 0 atom stereocenters. The molecule has 6 nitrogen and oxygen atoms in total. The fourth-order valence-corrected chi connectivity index (χ4v) is 5.14. The Morgan fingerprint density at radius 2 is 1.76 bits per heavy atom. The molecule has 0 unspecified atom stereocenters. The molecular weight excluding hydrogens is 430 g/mol. The lowest BCUT2D eigenvalue weighted by molar-refractivity contribution is -0.118. The molecule has 34 heavy (non-hydrogen) atoms. The largest absolute Gasteiger partial charge is 0.493 e. The highest BCUT2D eigenvalue weighted by Crippen LogP contribution is 2.50. The van der Waals surface area contributed by atoms with E-state index in [1.165, 1.54) is 5.56 Å². The number of hydrogen-bond acceptors (Lipinski definition) is 4. The Balaban J connectivity index is 0.00000253. The van der Waals surface area contributed by atoms with Crippen molar-refractivity contribution in [2.45, 2.75) is 38.0 Å². The van der Waals surface area contributed by atoms with E-state index in [2.05, 4.69) is 11.4 Å². The zero-order valence-electron chi connectivity index (χ0n) is 18.9. The smallest absolute Gasteiger partial charge is 0.339 e. The maximum Gasteiger partial charge on any atom is 0.339 e. The first kappa shape index (κ1) is 20.8. The third kappa shape index (κ3) is 3.33. The van der Waals surface area contributed by atoms with E-state index in [0.717, 1.165) is 52.8 Å². The maximum absolute atomic E-state index is 13.4. The zero-order valence-corrected chi connectivity index (χ0v) is 18.9. The summed E-state index contributed by atoms with van der Waals surface area (Å²) in [6.07, 6.45) is 3.22. The monoisotopic (exact) mass is 457 g/mol. The average molecular weight is 458 g/mol. The highest BCUT2D eigenvalue weighted by atomic mass is 16.5. The van der Waals surface area contributed by atoms with Crippen LogP contribution in [0, 0.1) is 6.92 Å². The molecule has 2 heterocycles. The fourth-order valence-electron chi connectivity index (χ4n) is 5.14. The Bertz CT molecular complexity index is 1360. The minimum absolute atomic E-state index is 0. The van der Waals surface area contributed by atoms with E-state index < -0.39 is 11.4 Å². The van der Waals surface area contributed by atoms with Gasteiger partial charge in [0.15, 0.2) is 0 Å². The van der Waals surface area contributed by atoms with Gasteiger partial charge < -0.3 is 19.9 Å². The number of fused-ring (bicyclic) bond motifs is 2. The van der Waals surface area contributed by atoms with Gasteiger partial charge in [0.25, 0.3) is 0 Å². The molecule has 1 fully saturated rings. The van der Waals surface area contributed by atoms with Crippen molar-refractivity contribution in [3.05, 3.63) is 76.3 Å². The molecule has 2 aliphatic heterocycles. The highest BCUT2D eigenvalue weighted by molar-refractivity contribution is 6.02. The molecule has 0 saturated heterocycles.